The first kappa shape index (κ1) is 17.4. The van der Waals surface area contributed by atoms with E-state index >= 15 is 0 Å². The zero-order chi connectivity index (χ0) is 15.8. The van der Waals surface area contributed by atoms with Crippen LogP contribution in [0.2, 0.25) is 0 Å². The van der Waals surface area contributed by atoms with E-state index < -0.39 is 10.0 Å². The third kappa shape index (κ3) is 6.04. The fourth-order valence-corrected chi connectivity index (χ4v) is 3.95. The normalized spacial score (nSPS) is 17.7. The summed E-state index contributed by atoms with van der Waals surface area (Å²) in [6.45, 7) is 4.31. The van der Waals surface area contributed by atoms with Crippen LogP contribution in [0.1, 0.15) is 18.4 Å². The monoisotopic (exact) mass is 326 g/mol. The maximum atomic E-state index is 12.1. The molecule has 0 amide bonds. The molecule has 22 heavy (non-hydrogen) atoms. The molecule has 2 rings (SSSR count). The molecule has 1 aliphatic rings. The van der Waals surface area contributed by atoms with Crippen LogP contribution in [0, 0.1) is 5.92 Å². The molecule has 0 bridgehead atoms. The molecule has 0 unspecified atom stereocenters. The average molecular weight is 326 g/mol. The van der Waals surface area contributed by atoms with E-state index in [9.17, 15) is 8.42 Å². The summed E-state index contributed by atoms with van der Waals surface area (Å²) < 4.78 is 32.1. The lowest BCUT2D eigenvalue weighted by Crippen LogP contribution is -2.40. The van der Waals surface area contributed by atoms with Gasteiger partial charge >= 0.3 is 0 Å². The van der Waals surface area contributed by atoms with E-state index in [-0.39, 0.29) is 5.75 Å². The van der Waals surface area contributed by atoms with Crippen molar-refractivity contribution in [2.45, 2.75) is 18.6 Å². The highest BCUT2D eigenvalue weighted by Gasteiger charge is 2.21. The summed E-state index contributed by atoms with van der Waals surface area (Å²) >= 11 is 0. The fourth-order valence-electron chi connectivity index (χ4n) is 2.72. The van der Waals surface area contributed by atoms with Gasteiger partial charge in [0.1, 0.15) is 0 Å². The lowest BCUT2D eigenvalue weighted by atomic mass is 9.97. The smallest absolute Gasteiger partial charge is 0.215 e. The molecule has 1 fully saturated rings. The van der Waals surface area contributed by atoms with Crippen molar-refractivity contribution in [3.8, 4) is 0 Å². The van der Waals surface area contributed by atoms with E-state index in [1.807, 2.05) is 30.3 Å². The molecule has 1 aromatic rings. The number of ether oxygens (including phenoxy) is 1. The summed E-state index contributed by atoms with van der Waals surface area (Å²) in [5, 5.41) is 0. The van der Waals surface area contributed by atoms with Crippen LogP contribution in [0.5, 0.6) is 0 Å². The van der Waals surface area contributed by atoms with Crippen molar-refractivity contribution in [1.82, 2.24) is 9.62 Å². The Kier molecular flexibility index (Phi) is 6.82. The lowest BCUT2D eigenvalue weighted by Gasteiger charge is -2.31. The van der Waals surface area contributed by atoms with E-state index in [0.717, 1.165) is 44.6 Å². The number of benzene rings is 1. The van der Waals surface area contributed by atoms with Crippen molar-refractivity contribution in [3.05, 3.63) is 35.9 Å². The molecule has 1 N–H and O–H groups in total. The predicted octanol–water partition coefficient (Wildman–Crippen LogP) is 1.46. The van der Waals surface area contributed by atoms with Crippen LogP contribution >= 0.6 is 0 Å². The van der Waals surface area contributed by atoms with Gasteiger partial charge in [-0.1, -0.05) is 30.3 Å². The number of rotatable bonds is 8. The number of piperidine rings is 1. The molecule has 0 aromatic heterocycles. The van der Waals surface area contributed by atoms with Crippen LogP contribution in [0.15, 0.2) is 30.3 Å². The number of likely N-dealkylation sites (tertiary alicyclic amines) is 1. The van der Waals surface area contributed by atoms with Crippen molar-refractivity contribution in [2.75, 3.05) is 39.9 Å². The van der Waals surface area contributed by atoms with E-state index in [1.165, 1.54) is 0 Å². The summed E-state index contributed by atoms with van der Waals surface area (Å²) in [6.07, 6.45) is 2.08. The van der Waals surface area contributed by atoms with Crippen molar-refractivity contribution in [1.29, 1.82) is 0 Å². The molecule has 1 heterocycles. The molecular weight excluding hydrogens is 300 g/mol. The van der Waals surface area contributed by atoms with Gasteiger partial charge in [0.15, 0.2) is 0 Å². The van der Waals surface area contributed by atoms with Crippen molar-refractivity contribution in [2.24, 2.45) is 5.92 Å². The highest BCUT2D eigenvalue weighted by molar-refractivity contribution is 7.88. The zero-order valence-corrected chi connectivity index (χ0v) is 14.0. The summed E-state index contributed by atoms with van der Waals surface area (Å²) in [6, 6.07) is 9.29. The Bertz CT molecular complexity index is 526. The summed E-state index contributed by atoms with van der Waals surface area (Å²) in [7, 11) is -1.53. The van der Waals surface area contributed by atoms with Gasteiger partial charge in [-0.05, 0) is 37.4 Å². The van der Waals surface area contributed by atoms with Crippen LogP contribution < -0.4 is 4.72 Å². The Morgan fingerprint density at radius 1 is 1.23 bits per heavy atom. The molecular formula is C16H26N2O3S. The minimum atomic E-state index is -3.25. The maximum Gasteiger partial charge on any atom is 0.215 e. The van der Waals surface area contributed by atoms with Gasteiger partial charge in [-0.3, -0.25) is 0 Å². The minimum absolute atomic E-state index is 0.0561. The Morgan fingerprint density at radius 2 is 1.91 bits per heavy atom. The Balaban J connectivity index is 1.72. The van der Waals surface area contributed by atoms with Gasteiger partial charge < -0.3 is 9.64 Å². The number of nitrogens with one attached hydrogen (secondary N) is 1. The second-order valence-corrected chi connectivity index (χ2v) is 7.68. The van der Waals surface area contributed by atoms with Gasteiger partial charge in [0, 0.05) is 20.2 Å². The van der Waals surface area contributed by atoms with Crippen molar-refractivity contribution >= 4 is 10.0 Å². The van der Waals surface area contributed by atoms with Gasteiger partial charge in [0.2, 0.25) is 10.0 Å². The second kappa shape index (κ2) is 8.62. The highest BCUT2D eigenvalue weighted by Crippen LogP contribution is 2.16. The zero-order valence-electron chi connectivity index (χ0n) is 13.2. The molecule has 6 heteroatoms. The molecule has 0 saturated carbocycles. The Hall–Kier alpha value is -0.950. The summed E-state index contributed by atoms with van der Waals surface area (Å²) in [4.78, 5) is 2.37. The number of nitrogens with zero attached hydrogens (tertiary/aromatic N) is 1. The van der Waals surface area contributed by atoms with Gasteiger partial charge in [0.05, 0.1) is 12.4 Å². The first-order chi connectivity index (χ1) is 10.6. The van der Waals surface area contributed by atoms with Crippen LogP contribution in [0.25, 0.3) is 0 Å². The third-order valence-electron chi connectivity index (χ3n) is 4.11. The second-order valence-electron chi connectivity index (χ2n) is 5.87. The number of hydrogen-bond donors (Lipinski definition) is 1. The van der Waals surface area contributed by atoms with Gasteiger partial charge in [-0.25, -0.2) is 13.1 Å². The van der Waals surface area contributed by atoms with Crippen molar-refractivity contribution < 1.29 is 13.2 Å². The predicted molar refractivity (Wildman–Crippen MR) is 88.1 cm³/mol. The van der Waals surface area contributed by atoms with Gasteiger partial charge in [-0.15, -0.1) is 0 Å². The molecule has 1 aromatic carbocycles. The first-order valence-corrected chi connectivity index (χ1v) is 9.47. The number of methoxy groups -OCH3 is 1. The number of sulfonamides is 1. The molecule has 5 nitrogen and oxygen atoms in total. The molecule has 0 aliphatic carbocycles. The maximum absolute atomic E-state index is 12.1. The molecule has 0 spiro atoms. The summed E-state index contributed by atoms with van der Waals surface area (Å²) in [5.41, 5.74) is 0.824. The fraction of sp³-hybridized carbons (Fsp3) is 0.625. The molecule has 1 saturated heterocycles. The first-order valence-electron chi connectivity index (χ1n) is 7.81. The van der Waals surface area contributed by atoms with Crippen LogP contribution in [-0.4, -0.2) is 53.2 Å². The van der Waals surface area contributed by atoms with E-state index in [2.05, 4.69) is 9.62 Å². The van der Waals surface area contributed by atoms with Crippen LogP contribution in [0.3, 0.4) is 0 Å². The molecule has 1 aliphatic heterocycles. The third-order valence-corrected chi connectivity index (χ3v) is 5.43. The SMILES string of the molecule is COCCN1CCC(CNS(=O)(=O)Cc2ccccc2)CC1. The molecule has 124 valence electrons. The topological polar surface area (TPSA) is 58.6 Å². The minimum Gasteiger partial charge on any atom is -0.383 e. The van der Waals surface area contributed by atoms with Crippen molar-refractivity contribution in [3.63, 3.8) is 0 Å². The molecule has 0 atom stereocenters. The van der Waals surface area contributed by atoms with Gasteiger partial charge in [-0.2, -0.15) is 0 Å². The molecule has 0 radical (unpaired) electrons. The number of hydrogen-bond acceptors (Lipinski definition) is 4. The Labute approximate surface area is 133 Å². The van der Waals surface area contributed by atoms with E-state index in [0.29, 0.717) is 12.5 Å². The lowest BCUT2D eigenvalue weighted by molar-refractivity contribution is 0.121. The average Bonchev–Trinajstić information content (AvgIpc) is 2.52. The Morgan fingerprint density at radius 3 is 2.55 bits per heavy atom. The van der Waals surface area contributed by atoms with E-state index in [1.54, 1.807) is 7.11 Å². The standard InChI is InChI=1S/C16H26N2O3S/c1-21-12-11-18-9-7-15(8-10-18)13-17-22(19,20)14-16-5-3-2-4-6-16/h2-6,15,17H,7-14H2,1H3. The van der Waals surface area contributed by atoms with E-state index in [4.69, 9.17) is 4.74 Å². The van der Waals surface area contributed by atoms with Gasteiger partial charge in [0.25, 0.3) is 0 Å². The van der Waals surface area contributed by atoms with Crippen LogP contribution in [-0.2, 0) is 20.5 Å². The highest BCUT2D eigenvalue weighted by atomic mass is 32.2. The largest absolute Gasteiger partial charge is 0.383 e. The van der Waals surface area contributed by atoms with Crippen LogP contribution in [0.4, 0.5) is 0 Å². The summed E-state index contributed by atoms with van der Waals surface area (Å²) in [5.74, 6) is 0.491. The quantitative estimate of drug-likeness (QED) is 0.786.